The number of amides is 1. The molecule has 2 aliphatic rings. The zero-order valence-corrected chi connectivity index (χ0v) is 16.8. The first-order valence-corrected chi connectivity index (χ1v) is 10.5. The molecule has 1 aliphatic carbocycles. The van der Waals surface area contributed by atoms with Crippen LogP contribution in [-0.4, -0.2) is 50.9 Å². The summed E-state index contributed by atoms with van der Waals surface area (Å²) in [5.41, 5.74) is -0.916. The van der Waals surface area contributed by atoms with E-state index >= 15 is 0 Å². The first kappa shape index (κ1) is 20.1. The van der Waals surface area contributed by atoms with Gasteiger partial charge < -0.3 is 9.80 Å². The highest BCUT2D eigenvalue weighted by molar-refractivity contribution is 7.11. The van der Waals surface area contributed by atoms with E-state index in [1.54, 1.807) is 6.20 Å². The molecule has 0 atom stereocenters. The summed E-state index contributed by atoms with van der Waals surface area (Å²) >= 11 is 1.53. The van der Waals surface area contributed by atoms with E-state index in [0.29, 0.717) is 25.3 Å². The summed E-state index contributed by atoms with van der Waals surface area (Å²) in [7, 11) is 0. The van der Waals surface area contributed by atoms with E-state index in [4.69, 9.17) is 0 Å². The minimum absolute atomic E-state index is 0.0754. The van der Waals surface area contributed by atoms with E-state index in [9.17, 15) is 18.0 Å². The van der Waals surface area contributed by atoms with E-state index in [2.05, 4.69) is 15.0 Å². The van der Waals surface area contributed by atoms with Crippen LogP contribution >= 0.6 is 11.3 Å². The molecule has 1 saturated heterocycles. The molecule has 1 amide bonds. The van der Waals surface area contributed by atoms with E-state index in [1.165, 1.54) is 11.3 Å². The number of anilines is 1. The average molecular weight is 425 g/mol. The Morgan fingerprint density at radius 1 is 1.17 bits per heavy atom. The van der Waals surface area contributed by atoms with E-state index < -0.39 is 11.9 Å². The second kappa shape index (κ2) is 7.89. The smallest absolute Gasteiger partial charge is 0.350 e. The number of thiazole rings is 1. The fourth-order valence-corrected chi connectivity index (χ4v) is 4.60. The summed E-state index contributed by atoms with van der Waals surface area (Å²) < 4.78 is 39.2. The van der Waals surface area contributed by atoms with Crippen molar-refractivity contribution in [1.29, 1.82) is 0 Å². The van der Waals surface area contributed by atoms with Crippen LogP contribution in [0, 0.1) is 6.92 Å². The van der Waals surface area contributed by atoms with Gasteiger partial charge >= 0.3 is 6.18 Å². The molecule has 0 bridgehead atoms. The van der Waals surface area contributed by atoms with Crippen molar-refractivity contribution >= 4 is 23.1 Å². The van der Waals surface area contributed by atoms with Crippen molar-refractivity contribution in [1.82, 2.24) is 19.9 Å². The normalized spacial score (nSPS) is 18.1. The monoisotopic (exact) mass is 425 g/mol. The number of alkyl halides is 3. The number of hydrogen-bond acceptors (Lipinski definition) is 6. The molecule has 2 aromatic heterocycles. The van der Waals surface area contributed by atoms with Crippen LogP contribution in [0.15, 0.2) is 18.6 Å². The number of carbonyl (C=O) groups excluding carboxylic acids is 1. The van der Waals surface area contributed by atoms with Gasteiger partial charge in [0.1, 0.15) is 17.8 Å². The quantitative estimate of drug-likeness (QED) is 0.734. The molecule has 0 spiro atoms. The van der Waals surface area contributed by atoms with Gasteiger partial charge in [-0.15, -0.1) is 11.3 Å². The van der Waals surface area contributed by atoms with Gasteiger partial charge in [-0.3, -0.25) is 4.79 Å². The van der Waals surface area contributed by atoms with E-state index in [1.807, 2.05) is 16.7 Å². The van der Waals surface area contributed by atoms with Crippen molar-refractivity contribution in [2.24, 2.45) is 0 Å². The molecule has 156 valence electrons. The third-order valence-electron chi connectivity index (χ3n) is 5.35. The highest BCUT2D eigenvalue weighted by Crippen LogP contribution is 2.37. The summed E-state index contributed by atoms with van der Waals surface area (Å²) in [6.45, 7) is 3.11. The van der Waals surface area contributed by atoms with E-state index in [-0.39, 0.29) is 18.0 Å². The Morgan fingerprint density at radius 2 is 1.86 bits per heavy atom. The molecular weight excluding hydrogens is 403 g/mol. The van der Waals surface area contributed by atoms with Crippen molar-refractivity contribution < 1.29 is 18.0 Å². The third-order valence-corrected chi connectivity index (χ3v) is 6.27. The summed E-state index contributed by atoms with van der Waals surface area (Å²) in [5.74, 6) is 0.409. The molecule has 1 saturated carbocycles. The summed E-state index contributed by atoms with van der Waals surface area (Å²) in [6.07, 6.45) is 1.94. The Labute approximate surface area is 170 Å². The van der Waals surface area contributed by atoms with Gasteiger partial charge in [-0.25, -0.2) is 15.0 Å². The Hall–Kier alpha value is -2.23. The maximum absolute atomic E-state index is 13.1. The Bertz CT molecular complexity index is 875. The van der Waals surface area contributed by atoms with Crippen LogP contribution in [0.2, 0.25) is 0 Å². The van der Waals surface area contributed by atoms with Gasteiger partial charge in [0, 0.05) is 42.3 Å². The van der Waals surface area contributed by atoms with Crippen LogP contribution in [0.3, 0.4) is 0 Å². The number of piperidine rings is 1. The second-order valence-electron chi connectivity index (χ2n) is 7.53. The lowest BCUT2D eigenvalue weighted by molar-refractivity contribution is -0.141. The number of hydrogen-bond donors (Lipinski definition) is 0. The highest BCUT2D eigenvalue weighted by Gasteiger charge is 2.39. The van der Waals surface area contributed by atoms with E-state index in [0.717, 1.165) is 48.0 Å². The number of nitrogens with zero attached hydrogens (tertiary/aromatic N) is 5. The SMILES string of the molecule is Cc1ncc(CC(=O)N2CCC(N(c3cc(C(F)(F)F)ncn3)C3CC3)CC2)s1. The number of rotatable bonds is 5. The van der Waals surface area contributed by atoms with Gasteiger partial charge in [0.05, 0.1) is 11.4 Å². The lowest BCUT2D eigenvalue weighted by Gasteiger charge is -2.39. The lowest BCUT2D eigenvalue weighted by atomic mass is 10.0. The van der Waals surface area contributed by atoms with Gasteiger partial charge in [-0.2, -0.15) is 13.2 Å². The lowest BCUT2D eigenvalue weighted by Crippen LogP contribution is -2.48. The molecule has 0 aromatic carbocycles. The summed E-state index contributed by atoms with van der Waals surface area (Å²) in [6, 6.07) is 1.34. The molecule has 1 aliphatic heterocycles. The van der Waals surface area contributed by atoms with Crippen LogP contribution in [0.25, 0.3) is 0 Å². The maximum Gasteiger partial charge on any atom is 0.433 e. The van der Waals surface area contributed by atoms with Crippen LogP contribution in [0.1, 0.15) is 41.3 Å². The predicted molar refractivity (Wildman–Crippen MR) is 103 cm³/mol. The van der Waals surface area contributed by atoms with Crippen LogP contribution in [0.5, 0.6) is 0 Å². The summed E-state index contributed by atoms with van der Waals surface area (Å²) in [5, 5.41) is 0.940. The number of carbonyl (C=O) groups is 1. The number of aryl methyl sites for hydroxylation is 1. The van der Waals surface area contributed by atoms with Crippen LogP contribution < -0.4 is 4.90 Å². The molecule has 3 heterocycles. The second-order valence-corrected chi connectivity index (χ2v) is 8.85. The molecular formula is C19H22F3N5OS. The number of aromatic nitrogens is 3. The van der Waals surface area contributed by atoms with Gasteiger partial charge in [-0.1, -0.05) is 0 Å². The molecule has 0 radical (unpaired) electrons. The zero-order valence-electron chi connectivity index (χ0n) is 16.0. The van der Waals surface area contributed by atoms with Gasteiger partial charge in [-0.05, 0) is 32.6 Å². The molecule has 29 heavy (non-hydrogen) atoms. The van der Waals surface area contributed by atoms with Crippen LogP contribution in [-0.2, 0) is 17.4 Å². The minimum atomic E-state index is -4.49. The van der Waals surface area contributed by atoms with Crippen molar-refractivity contribution in [3.05, 3.63) is 34.2 Å². The first-order chi connectivity index (χ1) is 13.8. The fraction of sp³-hybridized carbons (Fsp3) is 0.579. The predicted octanol–water partition coefficient (Wildman–Crippen LogP) is 3.46. The zero-order chi connectivity index (χ0) is 20.6. The Balaban J connectivity index is 1.41. The standard InChI is InChI=1S/C19H22F3N5OS/c1-12-23-10-15(29-12)8-18(28)26-6-4-14(5-7-26)27(13-2-3-13)17-9-16(19(20,21)22)24-11-25-17/h9-11,13-14H,2-8H2,1H3. The van der Waals surface area contributed by atoms with Crippen molar-refractivity contribution in [3.8, 4) is 0 Å². The first-order valence-electron chi connectivity index (χ1n) is 9.68. The summed E-state index contributed by atoms with van der Waals surface area (Å²) in [4.78, 5) is 29.1. The fourth-order valence-electron chi connectivity index (χ4n) is 3.81. The molecule has 0 unspecified atom stereocenters. The molecule has 0 N–H and O–H groups in total. The minimum Gasteiger partial charge on any atom is -0.350 e. The molecule has 4 rings (SSSR count). The van der Waals surface area contributed by atoms with Crippen molar-refractivity contribution in [2.75, 3.05) is 18.0 Å². The Morgan fingerprint density at radius 3 is 2.45 bits per heavy atom. The molecule has 2 fully saturated rings. The highest BCUT2D eigenvalue weighted by atomic mass is 32.1. The van der Waals surface area contributed by atoms with Crippen molar-refractivity contribution in [3.63, 3.8) is 0 Å². The Kier molecular flexibility index (Phi) is 5.46. The van der Waals surface area contributed by atoms with Crippen molar-refractivity contribution in [2.45, 2.75) is 57.3 Å². The topological polar surface area (TPSA) is 62.2 Å². The average Bonchev–Trinajstić information content (AvgIpc) is 3.43. The van der Waals surface area contributed by atoms with Gasteiger partial charge in [0.2, 0.25) is 5.91 Å². The van der Waals surface area contributed by atoms with Gasteiger partial charge in [0.15, 0.2) is 0 Å². The molecule has 2 aromatic rings. The van der Waals surface area contributed by atoms with Crippen LogP contribution in [0.4, 0.5) is 19.0 Å². The largest absolute Gasteiger partial charge is 0.433 e. The number of halogens is 3. The van der Waals surface area contributed by atoms with Gasteiger partial charge in [0.25, 0.3) is 0 Å². The third kappa shape index (κ3) is 4.68. The molecule has 6 nitrogen and oxygen atoms in total. The maximum atomic E-state index is 13.1. The number of likely N-dealkylation sites (tertiary alicyclic amines) is 1. The molecule has 10 heteroatoms.